The third-order valence-corrected chi connectivity index (χ3v) is 11.4. The number of hydroxylamine groups is 1. The lowest BCUT2D eigenvalue weighted by Gasteiger charge is -2.65. The van der Waals surface area contributed by atoms with E-state index in [0.717, 1.165) is 51.4 Å². The minimum atomic E-state index is -0.499. The average molecular weight is 456 g/mol. The minimum absolute atomic E-state index is 0.0448. The topological polar surface area (TPSA) is 86.6 Å². The van der Waals surface area contributed by atoms with Crippen molar-refractivity contribution in [2.45, 2.75) is 86.0 Å². The Morgan fingerprint density at radius 1 is 1.06 bits per heavy atom. The van der Waals surface area contributed by atoms with Crippen molar-refractivity contribution >= 4 is 11.7 Å². The largest absolute Gasteiger partial charge is 0.505 e. The molecule has 33 heavy (non-hydrogen) atoms. The zero-order chi connectivity index (χ0) is 24.0. The summed E-state index contributed by atoms with van der Waals surface area (Å²) in [6.45, 7) is 11.3. The molecule has 0 spiro atoms. The summed E-state index contributed by atoms with van der Waals surface area (Å²) in [5.74, 6) is 0.740. The van der Waals surface area contributed by atoms with Crippen LogP contribution in [0.1, 0.15) is 86.0 Å². The van der Waals surface area contributed by atoms with Crippen LogP contribution in [0.2, 0.25) is 0 Å². The molecule has 5 aliphatic carbocycles. The maximum absolute atomic E-state index is 13.1. The molecule has 0 aromatic heterocycles. The third-order valence-electron chi connectivity index (χ3n) is 11.4. The number of carbonyl (C=O) groups is 2. The maximum atomic E-state index is 13.1. The molecule has 8 atom stereocenters. The number of fused-ring (bicyclic) bond motifs is 7. The molecule has 0 aromatic rings. The van der Waals surface area contributed by atoms with Gasteiger partial charge in [-0.25, -0.2) is 5.48 Å². The number of Topliss-reactive ketones (excluding diaryl/α,β-unsaturated/α-hetero) is 1. The van der Waals surface area contributed by atoms with Gasteiger partial charge in [0.1, 0.15) is 0 Å². The molecule has 0 heterocycles. The monoisotopic (exact) mass is 455 g/mol. The maximum Gasteiger partial charge on any atom is 0.250 e. The number of ketones is 1. The van der Waals surface area contributed by atoms with Crippen molar-refractivity contribution < 1.29 is 19.9 Å². The van der Waals surface area contributed by atoms with Gasteiger partial charge in [0, 0.05) is 5.92 Å². The summed E-state index contributed by atoms with van der Waals surface area (Å²) in [7, 11) is 0. The quantitative estimate of drug-likeness (QED) is 0.267. The predicted octanol–water partition coefficient (Wildman–Crippen LogP) is 5.74. The summed E-state index contributed by atoms with van der Waals surface area (Å²) in [5.41, 5.74) is 3.05. The van der Waals surface area contributed by atoms with Crippen molar-refractivity contribution in [1.29, 1.82) is 0 Å². The normalized spacial score (nSPS) is 48.3. The van der Waals surface area contributed by atoms with Gasteiger partial charge in [0.25, 0.3) is 0 Å². The number of aliphatic hydroxyl groups is 1. The van der Waals surface area contributed by atoms with E-state index < -0.39 is 5.41 Å². The Labute approximate surface area is 198 Å². The molecule has 3 N–H and O–H groups in total. The van der Waals surface area contributed by atoms with Crippen LogP contribution in [0, 0.1) is 51.2 Å². The van der Waals surface area contributed by atoms with Crippen LogP contribution in [-0.2, 0) is 9.59 Å². The van der Waals surface area contributed by atoms with Gasteiger partial charge in [0.05, 0.1) is 5.41 Å². The molecule has 5 nitrogen and oxygen atoms in total. The lowest BCUT2D eigenvalue weighted by Crippen LogP contribution is -2.60. The van der Waals surface area contributed by atoms with Crippen LogP contribution in [0.15, 0.2) is 23.5 Å². The van der Waals surface area contributed by atoms with Gasteiger partial charge in [-0.05, 0) is 97.4 Å². The van der Waals surface area contributed by atoms with E-state index in [4.69, 9.17) is 0 Å². The second kappa shape index (κ2) is 7.19. The van der Waals surface area contributed by atoms with Gasteiger partial charge in [-0.3, -0.25) is 14.8 Å². The highest BCUT2D eigenvalue weighted by Crippen LogP contribution is 2.70. The fraction of sp³-hybridized carbons (Fsp3) is 0.786. The third kappa shape index (κ3) is 3.00. The molecule has 5 heteroatoms. The predicted molar refractivity (Wildman–Crippen MR) is 126 cm³/mol. The SMILES string of the molecule is CC1C(=O)C(O)=CC2(C)C1CCC1(C)C3CCC4(C(=O)NO)CCC(C)(C)CC4C3=CCC21. The van der Waals surface area contributed by atoms with Crippen LogP contribution < -0.4 is 5.48 Å². The minimum Gasteiger partial charge on any atom is -0.505 e. The van der Waals surface area contributed by atoms with E-state index in [1.807, 2.05) is 18.5 Å². The van der Waals surface area contributed by atoms with Gasteiger partial charge >= 0.3 is 0 Å². The van der Waals surface area contributed by atoms with Crippen molar-refractivity contribution in [1.82, 2.24) is 5.48 Å². The number of carbonyl (C=O) groups excluding carboxylic acids is 2. The molecule has 0 aliphatic heterocycles. The summed E-state index contributed by atoms with van der Waals surface area (Å²) in [5, 5.41) is 20.2. The molecule has 5 rings (SSSR count). The molecule has 5 aliphatic rings. The number of hydrogen-bond donors (Lipinski definition) is 3. The van der Waals surface area contributed by atoms with Gasteiger partial charge in [0.2, 0.25) is 5.91 Å². The van der Waals surface area contributed by atoms with E-state index in [2.05, 4.69) is 33.8 Å². The first-order valence-corrected chi connectivity index (χ1v) is 13.0. The number of hydrogen-bond acceptors (Lipinski definition) is 4. The highest BCUT2D eigenvalue weighted by Gasteiger charge is 2.64. The van der Waals surface area contributed by atoms with Crippen molar-refractivity contribution in [3.05, 3.63) is 23.5 Å². The highest BCUT2D eigenvalue weighted by atomic mass is 16.5. The van der Waals surface area contributed by atoms with Crippen molar-refractivity contribution in [2.75, 3.05) is 0 Å². The number of allylic oxidation sites excluding steroid dienone is 4. The lowest BCUT2D eigenvalue weighted by atomic mass is 9.39. The van der Waals surface area contributed by atoms with E-state index in [0.29, 0.717) is 11.8 Å². The van der Waals surface area contributed by atoms with Crippen LogP contribution in [0.3, 0.4) is 0 Å². The Kier molecular flexibility index (Phi) is 5.04. The second-order valence-electron chi connectivity index (χ2n) is 13.3. The smallest absolute Gasteiger partial charge is 0.250 e. The fourth-order valence-corrected chi connectivity index (χ4v) is 9.52. The Hall–Kier alpha value is -1.62. The molecule has 0 aromatic carbocycles. The van der Waals surface area contributed by atoms with Gasteiger partial charge in [-0.1, -0.05) is 46.3 Å². The fourth-order valence-electron chi connectivity index (χ4n) is 9.52. The zero-order valence-electron chi connectivity index (χ0n) is 20.9. The average Bonchev–Trinajstić information content (AvgIpc) is 2.76. The van der Waals surface area contributed by atoms with Gasteiger partial charge in [-0.15, -0.1) is 0 Å². The molecular formula is C28H41NO4. The first-order valence-electron chi connectivity index (χ1n) is 13.0. The van der Waals surface area contributed by atoms with Gasteiger partial charge in [0.15, 0.2) is 11.5 Å². The molecule has 1 amide bonds. The first kappa shape index (κ1) is 23.1. The highest BCUT2D eigenvalue weighted by molar-refractivity contribution is 5.96. The molecule has 0 saturated heterocycles. The lowest BCUT2D eigenvalue weighted by molar-refractivity contribution is -0.154. The van der Waals surface area contributed by atoms with E-state index in [1.54, 1.807) is 0 Å². The molecule has 3 fully saturated rings. The standard InChI is InChI=1S/C28H41NO4/c1-16-18-8-10-26(4)19-9-11-28(24(32)29-33)13-12-25(2,3)14-20(28)17(19)6-7-22(26)27(18,5)15-21(30)23(16)31/h6,15-16,18-20,22,30,33H,7-14H2,1-5H3,(H,29,32). The summed E-state index contributed by atoms with van der Waals surface area (Å²) >= 11 is 0. The van der Waals surface area contributed by atoms with Crippen LogP contribution in [0.25, 0.3) is 0 Å². The summed E-state index contributed by atoms with van der Waals surface area (Å²) in [6, 6.07) is 0. The second-order valence-corrected chi connectivity index (χ2v) is 13.3. The van der Waals surface area contributed by atoms with E-state index >= 15 is 0 Å². The number of aliphatic hydroxyl groups excluding tert-OH is 1. The number of nitrogens with one attached hydrogen (secondary N) is 1. The molecule has 8 unspecified atom stereocenters. The van der Waals surface area contributed by atoms with Crippen LogP contribution >= 0.6 is 0 Å². The van der Waals surface area contributed by atoms with Crippen LogP contribution in [0.5, 0.6) is 0 Å². The van der Waals surface area contributed by atoms with Crippen molar-refractivity contribution in [2.24, 2.45) is 51.2 Å². The Balaban J connectivity index is 1.58. The summed E-state index contributed by atoms with van der Waals surface area (Å²) in [6.07, 6.45) is 11.9. The molecule has 3 saturated carbocycles. The summed E-state index contributed by atoms with van der Waals surface area (Å²) < 4.78 is 0. The molecule has 0 radical (unpaired) electrons. The molecule has 0 bridgehead atoms. The van der Waals surface area contributed by atoms with E-state index in [9.17, 15) is 19.9 Å². The number of rotatable bonds is 1. The van der Waals surface area contributed by atoms with E-state index in [-0.39, 0.29) is 51.4 Å². The Morgan fingerprint density at radius 3 is 2.48 bits per heavy atom. The Morgan fingerprint density at radius 2 is 1.79 bits per heavy atom. The van der Waals surface area contributed by atoms with Crippen LogP contribution in [0.4, 0.5) is 0 Å². The molecule has 182 valence electrons. The number of amides is 1. The van der Waals surface area contributed by atoms with Crippen molar-refractivity contribution in [3.8, 4) is 0 Å². The first-order chi connectivity index (χ1) is 15.4. The molecular weight excluding hydrogens is 414 g/mol. The summed E-state index contributed by atoms with van der Waals surface area (Å²) in [4.78, 5) is 25.6. The Bertz CT molecular complexity index is 950. The van der Waals surface area contributed by atoms with E-state index in [1.165, 1.54) is 5.57 Å². The van der Waals surface area contributed by atoms with Crippen molar-refractivity contribution in [3.63, 3.8) is 0 Å². The van der Waals surface area contributed by atoms with Gasteiger partial charge < -0.3 is 5.11 Å². The van der Waals surface area contributed by atoms with Crippen LogP contribution in [-0.4, -0.2) is 22.0 Å². The van der Waals surface area contributed by atoms with Gasteiger partial charge in [-0.2, -0.15) is 0 Å². The zero-order valence-corrected chi connectivity index (χ0v) is 20.9.